The normalized spacial score (nSPS) is 13.0. The quantitative estimate of drug-likeness (QED) is 0.466. The largest absolute Gasteiger partial charge is 0.439 e. The van der Waals surface area contributed by atoms with E-state index in [0.717, 1.165) is 11.3 Å². The van der Waals surface area contributed by atoms with Gasteiger partial charge in [-0.15, -0.1) is 0 Å². The highest BCUT2D eigenvalue weighted by molar-refractivity contribution is 7.90. The summed E-state index contributed by atoms with van der Waals surface area (Å²) in [5.74, 6) is 2.06. The van der Waals surface area contributed by atoms with E-state index in [1.807, 2.05) is 51.1 Å². The van der Waals surface area contributed by atoms with Gasteiger partial charge in [-0.1, -0.05) is 6.07 Å². The number of aliphatic imine (C=N–C) groups is 1. The molecule has 0 spiro atoms. The van der Waals surface area contributed by atoms with Crippen LogP contribution in [-0.4, -0.2) is 44.0 Å². The molecule has 164 valence electrons. The molecule has 0 saturated heterocycles. The highest BCUT2D eigenvalue weighted by atomic mass is 32.2. The van der Waals surface area contributed by atoms with Crippen molar-refractivity contribution in [2.24, 2.45) is 4.99 Å². The number of rotatable bonds is 9. The van der Waals surface area contributed by atoms with Gasteiger partial charge in [-0.3, -0.25) is 0 Å². The van der Waals surface area contributed by atoms with E-state index in [9.17, 15) is 8.42 Å². The fourth-order valence-corrected chi connectivity index (χ4v) is 3.47. The van der Waals surface area contributed by atoms with Gasteiger partial charge >= 0.3 is 0 Å². The number of aryl methyl sites for hydroxylation is 2. The summed E-state index contributed by atoms with van der Waals surface area (Å²) in [4.78, 5) is 8.89. The lowest BCUT2D eigenvalue weighted by molar-refractivity contribution is 0.461. The summed E-state index contributed by atoms with van der Waals surface area (Å²) in [6.45, 7) is 9.20. The molecule has 1 atom stereocenters. The zero-order chi connectivity index (χ0) is 22.1. The number of nitrogens with one attached hydrogen (secondary N) is 2. The van der Waals surface area contributed by atoms with Gasteiger partial charge in [0.15, 0.2) is 5.96 Å². The molecule has 2 N–H and O–H groups in total. The minimum Gasteiger partial charge on any atom is -0.439 e. The maximum atomic E-state index is 11.4. The van der Waals surface area contributed by atoms with E-state index >= 15 is 0 Å². The van der Waals surface area contributed by atoms with E-state index in [0.29, 0.717) is 31.3 Å². The number of guanidine groups is 1. The second-order valence-electron chi connectivity index (χ2n) is 7.51. The van der Waals surface area contributed by atoms with E-state index in [1.54, 1.807) is 6.20 Å². The van der Waals surface area contributed by atoms with Crippen molar-refractivity contribution in [3.05, 3.63) is 53.2 Å². The van der Waals surface area contributed by atoms with Crippen LogP contribution >= 0.6 is 0 Å². The summed E-state index contributed by atoms with van der Waals surface area (Å²) >= 11 is 0. The van der Waals surface area contributed by atoms with Crippen LogP contribution in [0.1, 0.15) is 37.0 Å². The van der Waals surface area contributed by atoms with Gasteiger partial charge in [-0.2, -0.15) is 0 Å². The maximum Gasteiger partial charge on any atom is 0.219 e. The van der Waals surface area contributed by atoms with Crippen molar-refractivity contribution in [1.29, 1.82) is 0 Å². The van der Waals surface area contributed by atoms with Gasteiger partial charge in [0.25, 0.3) is 0 Å². The molecule has 1 heterocycles. The van der Waals surface area contributed by atoms with E-state index in [2.05, 4.69) is 27.5 Å². The first-order valence-electron chi connectivity index (χ1n) is 10.1. The Balaban J connectivity index is 2.02. The summed E-state index contributed by atoms with van der Waals surface area (Å²) in [7, 11) is -2.98. The van der Waals surface area contributed by atoms with Gasteiger partial charge in [0.05, 0.1) is 12.3 Å². The van der Waals surface area contributed by atoms with Crippen LogP contribution in [0.4, 0.5) is 0 Å². The molecular weight excluding hydrogens is 400 g/mol. The molecule has 7 nitrogen and oxygen atoms in total. The third kappa shape index (κ3) is 8.41. The molecule has 8 heteroatoms. The monoisotopic (exact) mass is 432 g/mol. The van der Waals surface area contributed by atoms with Crippen LogP contribution in [0.15, 0.2) is 41.5 Å². The van der Waals surface area contributed by atoms with Gasteiger partial charge in [0.2, 0.25) is 5.88 Å². The zero-order valence-corrected chi connectivity index (χ0v) is 19.2. The molecular formula is C22H32N4O3S. The summed E-state index contributed by atoms with van der Waals surface area (Å²) in [5, 5.41) is 6.44. The smallest absolute Gasteiger partial charge is 0.219 e. The maximum absolute atomic E-state index is 11.4. The Hall–Kier alpha value is -2.61. The van der Waals surface area contributed by atoms with Gasteiger partial charge < -0.3 is 15.4 Å². The van der Waals surface area contributed by atoms with Crippen molar-refractivity contribution in [1.82, 2.24) is 15.6 Å². The van der Waals surface area contributed by atoms with E-state index in [4.69, 9.17) is 4.74 Å². The minimum atomic E-state index is -2.98. The molecule has 0 aliphatic heterocycles. The number of nitrogens with zero attached hydrogens (tertiary/aromatic N) is 2. The van der Waals surface area contributed by atoms with Gasteiger partial charge in [0.1, 0.15) is 15.6 Å². The van der Waals surface area contributed by atoms with Crippen molar-refractivity contribution in [2.75, 3.05) is 18.6 Å². The Morgan fingerprint density at radius 2 is 1.97 bits per heavy atom. The molecule has 0 fully saturated rings. The lowest BCUT2D eigenvalue weighted by atomic mass is 10.1. The molecule has 0 saturated carbocycles. The van der Waals surface area contributed by atoms with Crippen molar-refractivity contribution in [3.8, 4) is 11.6 Å². The second kappa shape index (κ2) is 11.0. The number of ether oxygens (including phenoxy) is 1. The highest BCUT2D eigenvalue weighted by Crippen LogP contribution is 2.22. The van der Waals surface area contributed by atoms with Crippen LogP contribution < -0.4 is 15.4 Å². The van der Waals surface area contributed by atoms with Crippen LogP contribution in [0.5, 0.6) is 11.6 Å². The average molecular weight is 433 g/mol. The number of sulfone groups is 1. The minimum absolute atomic E-state index is 0.0152. The molecule has 0 aliphatic carbocycles. The van der Waals surface area contributed by atoms with Crippen LogP contribution in [0.3, 0.4) is 0 Å². The van der Waals surface area contributed by atoms with Crippen LogP contribution in [0.25, 0.3) is 0 Å². The van der Waals surface area contributed by atoms with Crippen LogP contribution in [-0.2, 0) is 16.4 Å². The summed E-state index contributed by atoms with van der Waals surface area (Å²) in [6.07, 6.45) is 3.48. The number of pyridine rings is 1. The first kappa shape index (κ1) is 23.7. The van der Waals surface area contributed by atoms with E-state index < -0.39 is 9.84 Å². The highest BCUT2D eigenvalue weighted by Gasteiger charge is 2.10. The SMILES string of the molecule is CCNC(=NCc1ccnc(Oc2ccc(C)c(C)c2)c1)NC(C)CCS(C)(=O)=O. The van der Waals surface area contributed by atoms with Gasteiger partial charge in [-0.05, 0) is 69.0 Å². The molecule has 1 aromatic carbocycles. The van der Waals surface area contributed by atoms with E-state index in [-0.39, 0.29) is 11.8 Å². The standard InChI is InChI=1S/C22H32N4O3S/c1-6-23-22(26-18(4)10-12-30(5,27)28)25-15-19-9-11-24-21(14-19)29-20-8-7-16(2)17(3)13-20/h7-9,11,13-14,18H,6,10,12,15H2,1-5H3,(H2,23,25,26). The molecule has 1 unspecified atom stereocenters. The summed E-state index contributed by atoms with van der Waals surface area (Å²) in [5.41, 5.74) is 3.34. The average Bonchev–Trinajstić information content (AvgIpc) is 2.67. The molecule has 2 rings (SSSR count). The Labute approximate surface area is 179 Å². The van der Waals surface area contributed by atoms with Crippen LogP contribution in [0, 0.1) is 13.8 Å². The lowest BCUT2D eigenvalue weighted by Gasteiger charge is -2.17. The van der Waals surface area contributed by atoms with Crippen LogP contribution in [0.2, 0.25) is 0 Å². The molecule has 0 aliphatic rings. The third-order valence-electron chi connectivity index (χ3n) is 4.57. The van der Waals surface area contributed by atoms with Crippen molar-refractivity contribution >= 4 is 15.8 Å². The predicted molar refractivity (Wildman–Crippen MR) is 122 cm³/mol. The number of hydrogen-bond donors (Lipinski definition) is 2. The Morgan fingerprint density at radius 1 is 1.20 bits per heavy atom. The molecule has 2 aromatic rings. The van der Waals surface area contributed by atoms with Gasteiger partial charge in [-0.25, -0.2) is 18.4 Å². The molecule has 0 bridgehead atoms. The molecule has 0 radical (unpaired) electrons. The van der Waals surface area contributed by atoms with Crippen molar-refractivity contribution in [3.63, 3.8) is 0 Å². The topological polar surface area (TPSA) is 92.7 Å². The number of hydrogen-bond acceptors (Lipinski definition) is 5. The second-order valence-corrected chi connectivity index (χ2v) is 9.77. The predicted octanol–water partition coefficient (Wildman–Crippen LogP) is 3.37. The molecule has 30 heavy (non-hydrogen) atoms. The third-order valence-corrected chi connectivity index (χ3v) is 5.55. The van der Waals surface area contributed by atoms with Gasteiger partial charge in [0, 0.05) is 31.1 Å². The first-order valence-corrected chi connectivity index (χ1v) is 12.1. The summed E-state index contributed by atoms with van der Waals surface area (Å²) < 4.78 is 28.6. The Bertz CT molecular complexity index is 974. The fraction of sp³-hybridized carbons (Fsp3) is 0.455. The van der Waals surface area contributed by atoms with Crippen molar-refractivity contribution in [2.45, 2.75) is 46.7 Å². The Kier molecular flexibility index (Phi) is 8.65. The number of benzene rings is 1. The Morgan fingerprint density at radius 3 is 2.63 bits per heavy atom. The zero-order valence-electron chi connectivity index (χ0n) is 18.4. The summed E-state index contributed by atoms with van der Waals surface area (Å²) in [6, 6.07) is 9.70. The molecule has 0 amide bonds. The first-order chi connectivity index (χ1) is 14.2. The van der Waals surface area contributed by atoms with E-state index in [1.165, 1.54) is 17.4 Å². The number of aromatic nitrogens is 1. The van der Waals surface area contributed by atoms with Crippen molar-refractivity contribution < 1.29 is 13.2 Å². The fourth-order valence-electron chi connectivity index (χ4n) is 2.69. The molecule has 1 aromatic heterocycles. The lowest BCUT2D eigenvalue weighted by Crippen LogP contribution is -2.42.